The molecule has 1 N–H and O–H groups in total. The zero-order chi connectivity index (χ0) is 10.1. The molecule has 78 valence electrons. The summed E-state index contributed by atoms with van der Waals surface area (Å²) in [6, 6.07) is 0. The second-order valence-electron chi connectivity index (χ2n) is 3.43. The third-order valence-electron chi connectivity index (χ3n) is 2.04. The van der Waals surface area contributed by atoms with E-state index in [-0.39, 0.29) is 6.42 Å². The van der Waals surface area contributed by atoms with Gasteiger partial charge in [-0.3, -0.25) is 0 Å². The molecule has 0 aliphatic heterocycles. The van der Waals surface area contributed by atoms with Crippen LogP contribution >= 0.6 is 0 Å². The molecule has 0 amide bonds. The lowest BCUT2D eigenvalue weighted by molar-refractivity contribution is -0.307. The number of rotatable bonds is 8. The molecule has 0 aromatic heterocycles. The number of carbonyl (C=O) groups excluding carboxylic acids is 1. The zero-order valence-corrected chi connectivity index (χ0v) is 8.29. The Morgan fingerprint density at radius 3 is 2.46 bits per heavy atom. The van der Waals surface area contributed by atoms with Crippen LogP contribution in [0.2, 0.25) is 0 Å². The molecule has 1 atom stereocenters. The number of hydrogen-bond donors (Lipinski definition) is 1. The van der Waals surface area contributed by atoms with Crippen molar-refractivity contribution in [3.05, 3.63) is 0 Å². The van der Waals surface area contributed by atoms with Crippen molar-refractivity contribution < 1.29 is 15.0 Å². The van der Waals surface area contributed by atoms with Crippen LogP contribution in [0.25, 0.3) is 0 Å². The zero-order valence-electron chi connectivity index (χ0n) is 8.29. The molecule has 0 saturated carbocycles. The highest BCUT2D eigenvalue weighted by atomic mass is 16.4. The first kappa shape index (κ1) is 12.4. The van der Waals surface area contributed by atoms with Gasteiger partial charge in [0.05, 0.1) is 6.10 Å². The van der Waals surface area contributed by atoms with E-state index in [4.69, 9.17) is 5.11 Å². The van der Waals surface area contributed by atoms with Gasteiger partial charge in [0.1, 0.15) is 0 Å². The number of carboxylic acids is 1. The molecule has 0 aliphatic rings. The fourth-order valence-corrected chi connectivity index (χ4v) is 1.28. The van der Waals surface area contributed by atoms with Gasteiger partial charge in [0.2, 0.25) is 0 Å². The highest BCUT2D eigenvalue weighted by Crippen LogP contribution is 2.08. The van der Waals surface area contributed by atoms with Crippen LogP contribution in [0.15, 0.2) is 0 Å². The number of carboxylic acid groups (broad SMARTS) is 1. The molecule has 0 radical (unpaired) electrons. The summed E-state index contributed by atoms with van der Waals surface area (Å²) in [5, 5.41) is 19.2. The van der Waals surface area contributed by atoms with Crippen LogP contribution in [0.1, 0.15) is 51.9 Å². The number of aliphatic hydroxyl groups excluding tert-OH is 1. The summed E-state index contributed by atoms with van der Waals surface area (Å²) in [6.45, 7) is 2.14. The van der Waals surface area contributed by atoms with Crippen molar-refractivity contribution in [2.75, 3.05) is 0 Å². The summed E-state index contributed by atoms with van der Waals surface area (Å²) in [5.74, 6) is -1.17. The van der Waals surface area contributed by atoms with E-state index in [1.165, 1.54) is 19.3 Å². The van der Waals surface area contributed by atoms with Crippen molar-refractivity contribution in [3.63, 3.8) is 0 Å². The largest absolute Gasteiger partial charge is 0.550 e. The predicted octanol–water partition coefficient (Wildman–Crippen LogP) is 0.848. The number of carbonyl (C=O) groups is 1. The summed E-state index contributed by atoms with van der Waals surface area (Å²) in [4.78, 5) is 10.1. The maximum Gasteiger partial charge on any atom is 0.0592 e. The lowest BCUT2D eigenvalue weighted by atomic mass is 10.1. The van der Waals surface area contributed by atoms with Crippen LogP contribution in [-0.2, 0) is 4.79 Å². The molecular weight excluding hydrogens is 168 g/mol. The Hall–Kier alpha value is -0.570. The van der Waals surface area contributed by atoms with Gasteiger partial charge in [-0.25, -0.2) is 0 Å². The summed E-state index contributed by atoms with van der Waals surface area (Å²) >= 11 is 0. The van der Waals surface area contributed by atoms with E-state index in [0.717, 1.165) is 12.8 Å². The highest BCUT2D eigenvalue weighted by Gasteiger charge is 2.03. The molecule has 3 nitrogen and oxygen atoms in total. The van der Waals surface area contributed by atoms with Crippen molar-refractivity contribution in [1.82, 2.24) is 0 Å². The molecule has 1 unspecified atom stereocenters. The number of hydrogen-bond acceptors (Lipinski definition) is 3. The minimum Gasteiger partial charge on any atom is -0.550 e. The van der Waals surface area contributed by atoms with Gasteiger partial charge in [0.15, 0.2) is 0 Å². The van der Waals surface area contributed by atoms with Crippen molar-refractivity contribution >= 4 is 5.97 Å². The maximum absolute atomic E-state index is 10.1. The molecule has 3 heteroatoms. The van der Waals surface area contributed by atoms with Gasteiger partial charge in [0.25, 0.3) is 0 Å². The van der Waals surface area contributed by atoms with Crippen LogP contribution in [0.4, 0.5) is 0 Å². The Bertz CT molecular complexity index is 134. The fourth-order valence-electron chi connectivity index (χ4n) is 1.28. The van der Waals surface area contributed by atoms with Gasteiger partial charge in [-0.1, -0.05) is 39.0 Å². The number of unbranched alkanes of at least 4 members (excludes halogenated alkanes) is 4. The Morgan fingerprint density at radius 2 is 1.92 bits per heavy atom. The van der Waals surface area contributed by atoms with Crippen LogP contribution < -0.4 is 5.11 Å². The van der Waals surface area contributed by atoms with Gasteiger partial charge < -0.3 is 15.0 Å². The normalized spacial score (nSPS) is 12.8. The van der Waals surface area contributed by atoms with Gasteiger partial charge in [-0.05, 0) is 6.42 Å². The second kappa shape index (κ2) is 8.05. The van der Waals surface area contributed by atoms with E-state index in [0.29, 0.717) is 6.42 Å². The van der Waals surface area contributed by atoms with Crippen molar-refractivity contribution in [2.24, 2.45) is 0 Å². The molecular formula is C10H19O3-. The molecule has 0 aliphatic carbocycles. The molecule has 0 bridgehead atoms. The smallest absolute Gasteiger partial charge is 0.0592 e. The summed E-state index contributed by atoms with van der Waals surface area (Å²) in [7, 11) is 0. The number of aliphatic carboxylic acids is 1. The van der Waals surface area contributed by atoms with E-state index >= 15 is 0 Å². The molecule has 0 rings (SSSR count). The van der Waals surface area contributed by atoms with Crippen molar-refractivity contribution in [3.8, 4) is 0 Å². The molecule has 0 aromatic carbocycles. The van der Waals surface area contributed by atoms with Crippen LogP contribution in [0.3, 0.4) is 0 Å². The van der Waals surface area contributed by atoms with Gasteiger partial charge >= 0.3 is 0 Å². The molecule has 0 heterocycles. The van der Waals surface area contributed by atoms with Gasteiger partial charge in [-0.15, -0.1) is 0 Å². The maximum atomic E-state index is 10.1. The summed E-state index contributed by atoms with van der Waals surface area (Å²) in [5.41, 5.74) is 0. The van der Waals surface area contributed by atoms with E-state index in [9.17, 15) is 9.90 Å². The molecule has 0 fully saturated rings. The predicted molar refractivity (Wildman–Crippen MR) is 49.0 cm³/mol. The third-order valence-corrected chi connectivity index (χ3v) is 2.04. The average molecular weight is 187 g/mol. The second-order valence-corrected chi connectivity index (χ2v) is 3.43. The minimum atomic E-state index is -1.17. The molecule has 0 aromatic rings. The Kier molecular flexibility index (Phi) is 7.69. The van der Waals surface area contributed by atoms with E-state index < -0.39 is 12.1 Å². The summed E-state index contributed by atoms with van der Waals surface area (Å²) < 4.78 is 0. The van der Waals surface area contributed by atoms with Crippen molar-refractivity contribution in [2.45, 2.75) is 58.0 Å². The van der Waals surface area contributed by atoms with E-state index in [1.54, 1.807) is 0 Å². The average Bonchev–Trinajstić information content (AvgIpc) is 2.02. The Balaban J connectivity index is 3.17. The number of aliphatic hydroxyl groups is 1. The van der Waals surface area contributed by atoms with Gasteiger partial charge in [-0.2, -0.15) is 0 Å². The Labute approximate surface area is 79.8 Å². The van der Waals surface area contributed by atoms with E-state index in [1.807, 2.05) is 0 Å². The van der Waals surface area contributed by atoms with Crippen molar-refractivity contribution in [1.29, 1.82) is 0 Å². The summed E-state index contributed by atoms with van der Waals surface area (Å²) in [6.07, 6.45) is 5.22. The first-order valence-corrected chi connectivity index (χ1v) is 5.04. The van der Waals surface area contributed by atoms with E-state index in [2.05, 4.69) is 6.92 Å². The molecule has 0 saturated heterocycles. The fraction of sp³-hybridized carbons (Fsp3) is 0.900. The standard InChI is InChI=1S/C10H20O3/c1-2-3-4-5-6-7-9(11)8-10(12)13/h9,11H,2-8H2,1H3,(H,12,13)/p-1. The monoisotopic (exact) mass is 187 g/mol. The van der Waals surface area contributed by atoms with Crippen LogP contribution in [0.5, 0.6) is 0 Å². The molecule has 13 heavy (non-hydrogen) atoms. The highest BCUT2D eigenvalue weighted by molar-refractivity contribution is 5.64. The first-order valence-electron chi connectivity index (χ1n) is 5.04. The first-order chi connectivity index (χ1) is 6.16. The molecule has 0 spiro atoms. The van der Waals surface area contributed by atoms with Gasteiger partial charge in [0, 0.05) is 12.4 Å². The topological polar surface area (TPSA) is 60.4 Å². The van der Waals surface area contributed by atoms with Crippen LogP contribution in [0, 0.1) is 0 Å². The lowest BCUT2D eigenvalue weighted by Gasteiger charge is -2.10. The SMILES string of the molecule is CCCCCCCC(O)CC(=O)[O-]. The Morgan fingerprint density at radius 1 is 1.31 bits per heavy atom. The quantitative estimate of drug-likeness (QED) is 0.573. The lowest BCUT2D eigenvalue weighted by Crippen LogP contribution is -2.27. The third kappa shape index (κ3) is 9.34. The van der Waals surface area contributed by atoms with Crippen LogP contribution in [-0.4, -0.2) is 17.2 Å². The minimum absolute atomic E-state index is 0.228.